The van der Waals surface area contributed by atoms with Gasteiger partial charge < -0.3 is 19.9 Å². The first-order valence-electron chi connectivity index (χ1n) is 10.4. The number of nitriles is 1. The number of benzene rings is 3. The number of anilines is 1. The number of rotatable bonds is 8. The number of aryl methyl sites for hydroxylation is 2. The first-order chi connectivity index (χ1) is 16.3. The number of amides is 1. The van der Waals surface area contributed by atoms with Crippen molar-refractivity contribution in [2.45, 2.75) is 20.5 Å². The van der Waals surface area contributed by atoms with Crippen molar-refractivity contribution in [3.63, 3.8) is 0 Å². The number of aromatic carboxylic acids is 1. The largest absolute Gasteiger partial charge is 0.493 e. The summed E-state index contributed by atoms with van der Waals surface area (Å²) in [5.41, 5.74) is 4.32. The molecule has 0 saturated heterocycles. The maximum Gasteiger partial charge on any atom is 0.335 e. The molecule has 0 aliphatic carbocycles. The molecular formula is C27H24N2O5. The van der Waals surface area contributed by atoms with Gasteiger partial charge in [-0.05, 0) is 78.6 Å². The van der Waals surface area contributed by atoms with Gasteiger partial charge in [-0.2, -0.15) is 5.26 Å². The first-order valence-corrected chi connectivity index (χ1v) is 10.4. The molecule has 0 aliphatic rings. The third-order valence-corrected chi connectivity index (χ3v) is 5.22. The number of nitrogens with one attached hydrogen (secondary N) is 1. The minimum absolute atomic E-state index is 0.0486. The fourth-order valence-corrected chi connectivity index (χ4v) is 3.13. The van der Waals surface area contributed by atoms with Crippen LogP contribution in [0.2, 0.25) is 0 Å². The Morgan fingerprint density at radius 1 is 1.00 bits per heavy atom. The Kier molecular flexibility index (Phi) is 7.67. The summed E-state index contributed by atoms with van der Waals surface area (Å²) in [6, 6.07) is 19.0. The summed E-state index contributed by atoms with van der Waals surface area (Å²) in [6.45, 7) is 4.15. The third-order valence-electron chi connectivity index (χ3n) is 5.22. The Bertz CT molecular complexity index is 1290. The molecule has 1 amide bonds. The van der Waals surface area contributed by atoms with Gasteiger partial charge in [0.15, 0.2) is 11.5 Å². The molecule has 0 radical (unpaired) electrons. The molecule has 34 heavy (non-hydrogen) atoms. The second-order valence-electron chi connectivity index (χ2n) is 7.62. The highest BCUT2D eigenvalue weighted by molar-refractivity contribution is 6.09. The number of carbonyl (C=O) groups is 2. The Balaban J connectivity index is 1.73. The number of carboxylic acid groups (broad SMARTS) is 1. The van der Waals surface area contributed by atoms with Crippen molar-refractivity contribution < 1.29 is 24.2 Å². The van der Waals surface area contributed by atoms with Crippen LogP contribution in [0.5, 0.6) is 11.5 Å². The van der Waals surface area contributed by atoms with E-state index < -0.39 is 11.9 Å². The monoisotopic (exact) mass is 456 g/mol. The molecule has 3 aromatic rings. The molecule has 7 nitrogen and oxygen atoms in total. The van der Waals surface area contributed by atoms with Gasteiger partial charge >= 0.3 is 5.97 Å². The molecule has 172 valence electrons. The van der Waals surface area contributed by atoms with Gasteiger partial charge in [0.25, 0.3) is 5.91 Å². The van der Waals surface area contributed by atoms with Crippen molar-refractivity contribution in [3.05, 3.63) is 94.1 Å². The molecule has 0 atom stereocenters. The van der Waals surface area contributed by atoms with Gasteiger partial charge in [0.2, 0.25) is 0 Å². The van der Waals surface area contributed by atoms with Gasteiger partial charge in [-0.3, -0.25) is 4.79 Å². The standard InChI is InChI=1S/C27H24N2O5/c1-17-4-10-23(12-18(17)2)29-26(30)22(15-28)13-20-7-11-24(25(14-20)33-3)34-16-19-5-8-21(9-6-19)27(31)32/h4-14H,16H2,1-3H3,(H,29,30)(H,31,32). The van der Waals surface area contributed by atoms with E-state index in [1.54, 1.807) is 36.4 Å². The molecule has 0 aromatic heterocycles. The van der Waals surface area contributed by atoms with Gasteiger partial charge in [0.1, 0.15) is 18.2 Å². The van der Waals surface area contributed by atoms with E-state index in [0.29, 0.717) is 22.7 Å². The molecule has 2 N–H and O–H groups in total. The lowest BCUT2D eigenvalue weighted by molar-refractivity contribution is -0.112. The van der Waals surface area contributed by atoms with Crippen molar-refractivity contribution in [3.8, 4) is 17.6 Å². The van der Waals surface area contributed by atoms with Crippen molar-refractivity contribution in [2.24, 2.45) is 0 Å². The first kappa shape index (κ1) is 24.1. The zero-order valence-corrected chi connectivity index (χ0v) is 19.1. The smallest absolute Gasteiger partial charge is 0.335 e. The van der Waals surface area contributed by atoms with Crippen LogP contribution in [0.25, 0.3) is 6.08 Å². The second kappa shape index (κ2) is 10.8. The van der Waals surface area contributed by atoms with Crippen molar-refractivity contribution >= 4 is 23.6 Å². The molecule has 3 rings (SSSR count). The number of hydrogen-bond acceptors (Lipinski definition) is 5. The Morgan fingerprint density at radius 2 is 1.74 bits per heavy atom. The maximum absolute atomic E-state index is 12.6. The van der Waals surface area contributed by atoms with Gasteiger partial charge in [0, 0.05) is 5.69 Å². The average Bonchev–Trinajstić information content (AvgIpc) is 2.83. The fourth-order valence-electron chi connectivity index (χ4n) is 3.13. The maximum atomic E-state index is 12.6. The number of ether oxygens (including phenoxy) is 2. The molecule has 0 fully saturated rings. The van der Waals surface area contributed by atoms with E-state index in [2.05, 4.69) is 5.32 Å². The van der Waals surface area contributed by atoms with E-state index in [4.69, 9.17) is 14.6 Å². The van der Waals surface area contributed by atoms with Crippen LogP contribution in [0.1, 0.15) is 32.6 Å². The van der Waals surface area contributed by atoms with Gasteiger partial charge in [0.05, 0.1) is 12.7 Å². The zero-order valence-electron chi connectivity index (χ0n) is 19.1. The highest BCUT2D eigenvalue weighted by atomic mass is 16.5. The Morgan fingerprint density at radius 3 is 2.35 bits per heavy atom. The van der Waals surface area contributed by atoms with Crippen molar-refractivity contribution in [2.75, 3.05) is 12.4 Å². The number of carboxylic acids is 1. The zero-order chi connectivity index (χ0) is 24.7. The predicted octanol–water partition coefficient (Wildman–Crippen LogP) is 5.13. The van der Waals surface area contributed by atoms with E-state index in [9.17, 15) is 14.9 Å². The minimum Gasteiger partial charge on any atom is -0.493 e. The molecule has 0 spiro atoms. The van der Waals surface area contributed by atoms with Crippen molar-refractivity contribution in [1.29, 1.82) is 5.26 Å². The number of nitrogens with zero attached hydrogens (tertiary/aromatic N) is 1. The summed E-state index contributed by atoms with van der Waals surface area (Å²) in [7, 11) is 1.50. The fraction of sp³-hybridized carbons (Fsp3) is 0.148. The number of methoxy groups -OCH3 is 1. The summed E-state index contributed by atoms with van der Waals surface area (Å²) < 4.78 is 11.2. The molecule has 7 heteroatoms. The summed E-state index contributed by atoms with van der Waals surface area (Å²) in [5, 5.41) is 21.2. The minimum atomic E-state index is -0.989. The highest BCUT2D eigenvalue weighted by Gasteiger charge is 2.12. The quantitative estimate of drug-likeness (QED) is 0.359. The van der Waals surface area contributed by atoms with Crippen LogP contribution in [-0.2, 0) is 11.4 Å². The second-order valence-corrected chi connectivity index (χ2v) is 7.62. The Labute approximate surface area is 197 Å². The van der Waals surface area contributed by atoms with E-state index >= 15 is 0 Å². The van der Waals surface area contributed by atoms with Crippen LogP contribution >= 0.6 is 0 Å². The summed E-state index contributed by atoms with van der Waals surface area (Å²) in [6.07, 6.45) is 1.48. The van der Waals surface area contributed by atoms with Crippen LogP contribution in [0.15, 0.2) is 66.2 Å². The molecule has 3 aromatic carbocycles. The summed E-state index contributed by atoms with van der Waals surface area (Å²) in [5.74, 6) is -0.588. The lowest BCUT2D eigenvalue weighted by Gasteiger charge is -2.12. The molecule has 0 heterocycles. The Hall–Kier alpha value is -4.57. The number of hydrogen-bond donors (Lipinski definition) is 2. The van der Waals surface area contributed by atoms with Crippen LogP contribution in [-0.4, -0.2) is 24.1 Å². The van der Waals surface area contributed by atoms with Crippen LogP contribution in [0, 0.1) is 25.2 Å². The number of carbonyl (C=O) groups excluding carboxylic acids is 1. The summed E-state index contributed by atoms with van der Waals surface area (Å²) >= 11 is 0. The molecule has 0 saturated carbocycles. The van der Waals surface area contributed by atoms with Gasteiger partial charge in [-0.25, -0.2) is 4.79 Å². The van der Waals surface area contributed by atoms with Gasteiger partial charge in [-0.1, -0.05) is 24.3 Å². The normalized spacial score (nSPS) is 10.8. The van der Waals surface area contributed by atoms with E-state index in [1.807, 2.05) is 32.0 Å². The van der Waals surface area contributed by atoms with Crippen LogP contribution in [0.4, 0.5) is 5.69 Å². The van der Waals surface area contributed by atoms with Crippen LogP contribution < -0.4 is 14.8 Å². The van der Waals surface area contributed by atoms with E-state index in [0.717, 1.165) is 16.7 Å². The topological polar surface area (TPSA) is 109 Å². The predicted molar refractivity (Wildman–Crippen MR) is 129 cm³/mol. The average molecular weight is 456 g/mol. The lowest BCUT2D eigenvalue weighted by atomic mass is 10.1. The molecule has 0 bridgehead atoms. The highest BCUT2D eigenvalue weighted by Crippen LogP contribution is 2.30. The van der Waals surface area contributed by atoms with E-state index in [1.165, 1.54) is 25.3 Å². The molecule has 0 aliphatic heterocycles. The van der Waals surface area contributed by atoms with Gasteiger partial charge in [-0.15, -0.1) is 0 Å². The van der Waals surface area contributed by atoms with E-state index in [-0.39, 0.29) is 17.7 Å². The van der Waals surface area contributed by atoms with Crippen molar-refractivity contribution in [1.82, 2.24) is 0 Å². The molecule has 0 unspecified atom stereocenters. The summed E-state index contributed by atoms with van der Waals surface area (Å²) in [4.78, 5) is 23.6. The van der Waals surface area contributed by atoms with Crippen LogP contribution in [0.3, 0.4) is 0 Å². The SMILES string of the molecule is COc1cc(C=C(C#N)C(=O)Nc2ccc(C)c(C)c2)ccc1OCc1ccc(C(=O)O)cc1. The molecular weight excluding hydrogens is 432 g/mol. The lowest BCUT2D eigenvalue weighted by Crippen LogP contribution is -2.13. The third kappa shape index (κ3) is 6.02.